The normalized spacial score (nSPS) is 36.3. The number of piperidine rings is 2. The Hall–Kier alpha value is -1.10. The molecule has 0 amide bonds. The first-order chi connectivity index (χ1) is 8.08. The van der Waals surface area contributed by atoms with E-state index in [4.69, 9.17) is 4.74 Å². The summed E-state index contributed by atoms with van der Waals surface area (Å²) >= 11 is 0. The Balaban J connectivity index is 2.22. The Labute approximate surface area is 101 Å². The third-order valence-electron chi connectivity index (χ3n) is 3.81. The number of aliphatic carboxylic acids is 1. The largest absolute Gasteiger partial charge is 0.480 e. The summed E-state index contributed by atoms with van der Waals surface area (Å²) in [6.07, 6.45) is 2.55. The number of hydrogen-bond donors (Lipinski definition) is 1. The Bertz CT molecular complexity index is 316. The van der Waals surface area contributed by atoms with Gasteiger partial charge in [-0.2, -0.15) is 0 Å². The van der Waals surface area contributed by atoms with Crippen LogP contribution in [-0.2, 0) is 14.3 Å². The van der Waals surface area contributed by atoms with Crippen LogP contribution in [0.5, 0.6) is 0 Å². The van der Waals surface area contributed by atoms with Gasteiger partial charge in [-0.1, -0.05) is 0 Å². The van der Waals surface area contributed by atoms with Gasteiger partial charge in [0.05, 0.1) is 6.61 Å². The minimum Gasteiger partial charge on any atom is -0.480 e. The van der Waals surface area contributed by atoms with Crippen molar-refractivity contribution in [2.45, 2.75) is 26.2 Å². The molecule has 1 N–H and O–H groups in total. The second kappa shape index (κ2) is 4.64. The van der Waals surface area contributed by atoms with Crippen LogP contribution in [0.3, 0.4) is 0 Å². The Morgan fingerprint density at radius 2 is 2.29 bits per heavy atom. The van der Waals surface area contributed by atoms with Gasteiger partial charge in [-0.15, -0.1) is 0 Å². The Morgan fingerprint density at radius 3 is 2.88 bits per heavy atom. The number of carboxylic acids is 1. The molecular weight excluding hydrogens is 222 g/mol. The molecule has 0 aromatic heterocycles. The molecule has 0 aromatic carbocycles. The maximum atomic E-state index is 12.0. The van der Waals surface area contributed by atoms with Crippen LogP contribution >= 0.6 is 0 Å². The molecule has 5 nitrogen and oxygen atoms in total. The van der Waals surface area contributed by atoms with Crippen LogP contribution in [0, 0.1) is 11.3 Å². The van der Waals surface area contributed by atoms with E-state index < -0.39 is 17.4 Å². The number of rotatable bonds is 3. The number of hydrogen-bond acceptors (Lipinski definition) is 4. The lowest BCUT2D eigenvalue weighted by Gasteiger charge is -2.45. The second-order valence-electron chi connectivity index (χ2n) is 5.06. The molecule has 3 atom stereocenters. The molecule has 2 fully saturated rings. The van der Waals surface area contributed by atoms with Gasteiger partial charge in [0.2, 0.25) is 0 Å². The SMILES string of the molecule is CCOC(=O)C1(C(=O)O)CC2CCCN(C2)C1. The third-order valence-corrected chi connectivity index (χ3v) is 3.81. The predicted molar refractivity (Wildman–Crippen MR) is 60.5 cm³/mol. The van der Waals surface area contributed by atoms with Crippen molar-refractivity contribution in [3.05, 3.63) is 0 Å². The number of ether oxygens (including phenoxy) is 1. The maximum absolute atomic E-state index is 12.0. The quantitative estimate of drug-likeness (QED) is 0.583. The number of carboxylic acid groups (broad SMARTS) is 1. The highest BCUT2D eigenvalue weighted by atomic mass is 16.5. The number of carbonyl (C=O) groups excluding carboxylic acids is 1. The van der Waals surface area contributed by atoms with Crippen LogP contribution in [-0.4, -0.2) is 48.2 Å². The third kappa shape index (κ3) is 2.16. The Morgan fingerprint density at radius 1 is 1.53 bits per heavy atom. The highest BCUT2D eigenvalue weighted by Gasteiger charge is 2.53. The molecule has 0 aromatic rings. The van der Waals surface area contributed by atoms with Crippen molar-refractivity contribution < 1.29 is 19.4 Å². The lowest BCUT2D eigenvalue weighted by Crippen LogP contribution is -2.57. The fourth-order valence-electron chi connectivity index (χ4n) is 3.06. The standard InChI is InChI=1S/C12H19NO4/c1-2-17-11(16)12(10(14)15)6-9-4-3-5-13(7-9)8-12/h9H,2-8H2,1H3,(H,14,15). The molecule has 0 aliphatic carbocycles. The molecular formula is C12H19NO4. The summed E-state index contributed by atoms with van der Waals surface area (Å²) in [5, 5.41) is 9.41. The smallest absolute Gasteiger partial charge is 0.324 e. The summed E-state index contributed by atoms with van der Waals surface area (Å²) < 4.78 is 4.96. The lowest BCUT2D eigenvalue weighted by atomic mass is 9.72. The van der Waals surface area contributed by atoms with E-state index in [2.05, 4.69) is 4.90 Å². The van der Waals surface area contributed by atoms with Crippen molar-refractivity contribution in [1.82, 2.24) is 4.90 Å². The zero-order chi connectivity index (χ0) is 12.5. The molecule has 0 spiro atoms. The average Bonchev–Trinajstić information content (AvgIpc) is 2.28. The number of fused-ring (bicyclic) bond motifs is 2. The highest BCUT2D eigenvalue weighted by molar-refractivity contribution is 5.99. The number of carbonyl (C=O) groups is 2. The monoisotopic (exact) mass is 241 g/mol. The second-order valence-corrected chi connectivity index (χ2v) is 5.06. The van der Waals surface area contributed by atoms with Crippen LogP contribution in [0.2, 0.25) is 0 Å². The van der Waals surface area contributed by atoms with E-state index in [1.165, 1.54) is 0 Å². The van der Waals surface area contributed by atoms with Crippen LogP contribution in [0.1, 0.15) is 26.2 Å². The Kier molecular flexibility index (Phi) is 3.38. The molecule has 17 heavy (non-hydrogen) atoms. The van der Waals surface area contributed by atoms with Gasteiger partial charge in [-0.25, -0.2) is 0 Å². The summed E-state index contributed by atoms with van der Waals surface area (Å²) in [6, 6.07) is 0. The first-order valence-corrected chi connectivity index (χ1v) is 6.21. The highest BCUT2D eigenvalue weighted by Crippen LogP contribution is 2.39. The maximum Gasteiger partial charge on any atom is 0.324 e. The lowest BCUT2D eigenvalue weighted by molar-refractivity contribution is -0.176. The minimum atomic E-state index is -1.33. The summed E-state index contributed by atoms with van der Waals surface area (Å²) in [5.74, 6) is -1.28. The molecule has 2 aliphatic heterocycles. The fraction of sp³-hybridized carbons (Fsp3) is 0.833. The molecule has 96 valence electrons. The van der Waals surface area contributed by atoms with Gasteiger partial charge in [0.25, 0.3) is 0 Å². The number of esters is 1. The van der Waals surface area contributed by atoms with Crippen molar-refractivity contribution in [3.8, 4) is 0 Å². The van der Waals surface area contributed by atoms with Gasteiger partial charge >= 0.3 is 11.9 Å². The predicted octanol–water partition coefficient (Wildman–Crippen LogP) is 0.736. The fourth-order valence-corrected chi connectivity index (χ4v) is 3.06. The van der Waals surface area contributed by atoms with Gasteiger partial charge in [0.1, 0.15) is 0 Å². The molecule has 2 heterocycles. The van der Waals surface area contributed by atoms with Gasteiger partial charge < -0.3 is 14.7 Å². The molecule has 2 rings (SSSR count). The van der Waals surface area contributed by atoms with Crippen LogP contribution in [0.25, 0.3) is 0 Å². The topological polar surface area (TPSA) is 66.8 Å². The van der Waals surface area contributed by atoms with E-state index in [1.54, 1.807) is 6.92 Å². The molecule has 0 radical (unpaired) electrons. The van der Waals surface area contributed by atoms with Gasteiger partial charge in [0.15, 0.2) is 5.41 Å². The summed E-state index contributed by atoms with van der Waals surface area (Å²) in [5.41, 5.74) is -1.33. The molecule has 2 bridgehead atoms. The van der Waals surface area contributed by atoms with Crippen molar-refractivity contribution in [2.24, 2.45) is 11.3 Å². The zero-order valence-electron chi connectivity index (χ0n) is 10.1. The van der Waals surface area contributed by atoms with E-state index in [-0.39, 0.29) is 6.61 Å². The molecule has 3 unspecified atom stereocenters. The molecule has 2 saturated heterocycles. The van der Waals surface area contributed by atoms with Crippen LogP contribution < -0.4 is 0 Å². The van der Waals surface area contributed by atoms with Gasteiger partial charge in [-0.3, -0.25) is 9.59 Å². The van der Waals surface area contributed by atoms with Crippen molar-refractivity contribution in [3.63, 3.8) is 0 Å². The van der Waals surface area contributed by atoms with Crippen LogP contribution in [0.15, 0.2) is 0 Å². The minimum absolute atomic E-state index is 0.235. The average molecular weight is 241 g/mol. The van der Waals surface area contributed by atoms with Gasteiger partial charge in [-0.05, 0) is 38.6 Å². The summed E-state index contributed by atoms with van der Waals surface area (Å²) in [6.45, 7) is 4.06. The van der Waals surface area contributed by atoms with Crippen molar-refractivity contribution >= 4 is 11.9 Å². The molecule has 0 saturated carbocycles. The van der Waals surface area contributed by atoms with E-state index >= 15 is 0 Å². The summed E-state index contributed by atoms with van der Waals surface area (Å²) in [4.78, 5) is 25.5. The summed E-state index contributed by atoms with van der Waals surface area (Å²) in [7, 11) is 0. The van der Waals surface area contributed by atoms with Gasteiger partial charge in [0, 0.05) is 13.1 Å². The number of nitrogens with zero attached hydrogens (tertiary/aromatic N) is 1. The van der Waals surface area contributed by atoms with Crippen molar-refractivity contribution in [1.29, 1.82) is 0 Å². The zero-order valence-corrected chi connectivity index (χ0v) is 10.1. The van der Waals surface area contributed by atoms with E-state index in [1.807, 2.05) is 0 Å². The van der Waals surface area contributed by atoms with Crippen molar-refractivity contribution in [2.75, 3.05) is 26.2 Å². The first kappa shape index (κ1) is 12.4. The molecule has 2 aliphatic rings. The van der Waals surface area contributed by atoms with Crippen LogP contribution in [0.4, 0.5) is 0 Å². The molecule has 5 heteroatoms. The van der Waals surface area contributed by atoms with E-state index in [0.717, 1.165) is 25.9 Å². The van der Waals surface area contributed by atoms with E-state index in [0.29, 0.717) is 18.9 Å². The first-order valence-electron chi connectivity index (χ1n) is 6.21. The van der Waals surface area contributed by atoms with E-state index in [9.17, 15) is 14.7 Å².